The van der Waals surface area contributed by atoms with E-state index in [1.165, 1.54) is 0 Å². The van der Waals surface area contributed by atoms with Crippen LogP contribution in [-0.4, -0.2) is 67.6 Å². The third kappa shape index (κ3) is 4.42. The lowest BCUT2D eigenvalue weighted by atomic mass is 9.95. The van der Waals surface area contributed by atoms with E-state index in [9.17, 15) is 9.59 Å². The summed E-state index contributed by atoms with van der Waals surface area (Å²) in [4.78, 5) is 27.5. The normalized spacial score (nSPS) is 21.5. The van der Waals surface area contributed by atoms with Crippen molar-refractivity contribution in [3.05, 3.63) is 24.3 Å². The molecule has 0 unspecified atom stereocenters. The fourth-order valence-electron chi connectivity index (χ4n) is 3.44. The van der Waals surface area contributed by atoms with Crippen LogP contribution >= 0.6 is 0 Å². The maximum atomic E-state index is 12.6. The Balaban J connectivity index is 1.47. The van der Waals surface area contributed by atoms with E-state index < -0.39 is 0 Å². The van der Waals surface area contributed by atoms with Gasteiger partial charge in [0.2, 0.25) is 11.8 Å². The molecule has 1 aromatic rings. The monoisotopic (exact) mass is 347 g/mol. The van der Waals surface area contributed by atoms with Gasteiger partial charge in [-0.3, -0.25) is 14.5 Å². The van der Waals surface area contributed by atoms with Crippen molar-refractivity contribution in [3.8, 4) is 11.5 Å². The van der Waals surface area contributed by atoms with E-state index in [1.54, 1.807) is 7.11 Å². The minimum atomic E-state index is -0.344. The minimum absolute atomic E-state index is 0.0152. The Labute approximate surface area is 147 Å². The Morgan fingerprint density at radius 1 is 1.24 bits per heavy atom. The fraction of sp³-hybridized carbons (Fsp3) is 0.556. The lowest BCUT2D eigenvalue weighted by Gasteiger charge is -2.42. The van der Waals surface area contributed by atoms with Gasteiger partial charge >= 0.3 is 0 Å². The molecule has 1 atom stereocenters. The summed E-state index contributed by atoms with van der Waals surface area (Å²) >= 11 is 0. The Morgan fingerprint density at radius 2 is 2.00 bits per heavy atom. The van der Waals surface area contributed by atoms with Crippen molar-refractivity contribution in [3.63, 3.8) is 0 Å². The van der Waals surface area contributed by atoms with Crippen LogP contribution in [0.15, 0.2) is 24.3 Å². The molecule has 0 aliphatic carbocycles. The van der Waals surface area contributed by atoms with Gasteiger partial charge in [-0.15, -0.1) is 0 Å². The second-order valence-corrected chi connectivity index (χ2v) is 6.70. The minimum Gasteiger partial charge on any atom is -0.497 e. The van der Waals surface area contributed by atoms with Gasteiger partial charge in [0.05, 0.1) is 32.7 Å². The number of carbonyl (C=O) groups is 2. The number of primary amides is 1. The molecular formula is C18H25N3O4. The average Bonchev–Trinajstić information content (AvgIpc) is 2.57. The molecule has 2 N–H and O–H groups in total. The Bertz CT molecular complexity index is 631. The van der Waals surface area contributed by atoms with Crippen molar-refractivity contribution in [2.75, 3.05) is 39.8 Å². The molecule has 2 fully saturated rings. The zero-order valence-corrected chi connectivity index (χ0v) is 14.5. The number of likely N-dealkylation sites (tertiary alicyclic amines) is 2. The Morgan fingerprint density at radius 3 is 2.72 bits per heavy atom. The number of carbonyl (C=O) groups excluding carboxylic acids is 2. The first-order chi connectivity index (χ1) is 12.0. The van der Waals surface area contributed by atoms with Crippen LogP contribution in [0.25, 0.3) is 0 Å². The largest absolute Gasteiger partial charge is 0.497 e. The summed E-state index contributed by atoms with van der Waals surface area (Å²) in [5, 5.41) is 0. The second kappa shape index (κ2) is 7.74. The molecule has 3 rings (SSSR count). The van der Waals surface area contributed by atoms with Crippen LogP contribution in [-0.2, 0) is 9.59 Å². The van der Waals surface area contributed by atoms with E-state index in [-0.39, 0.29) is 30.4 Å². The summed E-state index contributed by atoms with van der Waals surface area (Å²) in [6.07, 6.45) is 1.80. The van der Waals surface area contributed by atoms with Crippen LogP contribution in [0, 0.1) is 5.92 Å². The summed E-state index contributed by atoms with van der Waals surface area (Å²) in [5.74, 6) is 1.26. The fourth-order valence-corrected chi connectivity index (χ4v) is 3.44. The number of ether oxygens (including phenoxy) is 2. The number of nitrogens with zero attached hydrogens (tertiary/aromatic N) is 2. The quantitative estimate of drug-likeness (QED) is 0.809. The zero-order chi connectivity index (χ0) is 17.8. The SMILES string of the molecule is COc1cccc(OC2CN(C(=O)[C@H]3CCCN(CC(N)=O)C3)C2)c1. The van der Waals surface area contributed by atoms with Crippen molar-refractivity contribution in [2.24, 2.45) is 11.7 Å². The molecule has 2 saturated heterocycles. The predicted molar refractivity (Wildman–Crippen MR) is 92.3 cm³/mol. The smallest absolute Gasteiger partial charge is 0.231 e. The average molecular weight is 347 g/mol. The highest BCUT2D eigenvalue weighted by molar-refractivity contribution is 5.80. The lowest BCUT2D eigenvalue weighted by molar-refractivity contribution is -0.146. The van der Waals surface area contributed by atoms with Gasteiger partial charge in [0, 0.05) is 12.6 Å². The number of amides is 2. The van der Waals surface area contributed by atoms with Gasteiger partial charge in [-0.25, -0.2) is 0 Å². The number of methoxy groups -OCH3 is 1. The topological polar surface area (TPSA) is 85.1 Å². The number of nitrogens with two attached hydrogens (primary N) is 1. The van der Waals surface area contributed by atoms with Crippen molar-refractivity contribution in [1.82, 2.24) is 9.80 Å². The molecule has 1 aromatic carbocycles. The molecule has 7 nitrogen and oxygen atoms in total. The van der Waals surface area contributed by atoms with Crippen molar-refractivity contribution < 1.29 is 19.1 Å². The lowest BCUT2D eigenvalue weighted by Crippen LogP contribution is -2.59. The third-order valence-electron chi connectivity index (χ3n) is 4.74. The number of piperidine rings is 1. The summed E-state index contributed by atoms with van der Waals surface area (Å²) in [6.45, 7) is 2.87. The van der Waals surface area contributed by atoms with E-state index in [2.05, 4.69) is 0 Å². The molecule has 2 aliphatic rings. The predicted octanol–water partition coefficient (Wildman–Crippen LogP) is 0.482. The molecule has 0 spiro atoms. The van der Waals surface area contributed by atoms with Crippen LogP contribution in [0.3, 0.4) is 0 Å². The number of benzene rings is 1. The van der Waals surface area contributed by atoms with Crippen LogP contribution < -0.4 is 15.2 Å². The highest BCUT2D eigenvalue weighted by atomic mass is 16.5. The van der Waals surface area contributed by atoms with Crippen molar-refractivity contribution >= 4 is 11.8 Å². The zero-order valence-electron chi connectivity index (χ0n) is 14.5. The molecule has 2 aliphatic heterocycles. The Hall–Kier alpha value is -2.28. The third-order valence-corrected chi connectivity index (χ3v) is 4.74. The van der Waals surface area contributed by atoms with Crippen LogP contribution in [0.5, 0.6) is 11.5 Å². The molecule has 2 amide bonds. The van der Waals surface area contributed by atoms with Gasteiger partial charge in [0.25, 0.3) is 0 Å². The van der Waals surface area contributed by atoms with E-state index >= 15 is 0 Å². The van der Waals surface area contributed by atoms with Crippen LogP contribution in [0.4, 0.5) is 0 Å². The van der Waals surface area contributed by atoms with E-state index in [0.29, 0.717) is 19.6 Å². The van der Waals surface area contributed by atoms with Crippen LogP contribution in [0.1, 0.15) is 12.8 Å². The van der Waals surface area contributed by atoms with Crippen molar-refractivity contribution in [1.29, 1.82) is 0 Å². The maximum absolute atomic E-state index is 12.6. The van der Waals surface area contributed by atoms with Gasteiger partial charge in [-0.2, -0.15) is 0 Å². The molecule has 0 aromatic heterocycles. The summed E-state index contributed by atoms with van der Waals surface area (Å²) in [7, 11) is 1.62. The molecule has 25 heavy (non-hydrogen) atoms. The van der Waals surface area contributed by atoms with Gasteiger partial charge in [-0.1, -0.05) is 6.07 Å². The van der Waals surface area contributed by atoms with Gasteiger partial charge < -0.3 is 20.1 Å². The number of rotatable bonds is 6. The van der Waals surface area contributed by atoms with Gasteiger partial charge in [0.15, 0.2) is 0 Å². The Kier molecular flexibility index (Phi) is 5.43. The van der Waals surface area contributed by atoms with Gasteiger partial charge in [-0.05, 0) is 31.5 Å². The van der Waals surface area contributed by atoms with Gasteiger partial charge in [0.1, 0.15) is 17.6 Å². The molecule has 2 heterocycles. The molecule has 0 radical (unpaired) electrons. The summed E-state index contributed by atoms with van der Waals surface area (Å²) < 4.78 is 11.1. The van der Waals surface area contributed by atoms with Crippen molar-refractivity contribution in [2.45, 2.75) is 18.9 Å². The van der Waals surface area contributed by atoms with E-state index in [1.807, 2.05) is 34.1 Å². The first-order valence-corrected chi connectivity index (χ1v) is 8.65. The highest BCUT2D eigenvalue weighted by Gasteiger charge is 2.37. The summed E-state index contributed by atoms with van der Waals surface area (Å²) in [5.41, 5.74) is 5.25. The number of hydrogen-bond acceptors (Lipinski definition) is 5. The first kappa shape index (κ1) is 17.5. The molecule has 136 valence electrons. The maximum Gasteiger partial charge on any atom is 0.231 e. The molecule has 7 heteroatoms. The number of hydrogen-bond donors (Lipinski definition) is 1. The van der Waals surface area contributed by atoms with Crippen LogP contribution in [0.2, 0.25) is 0 Å². The van der Waals surface area contributed by atoms with E-state index in [4.69, 9.17) is 15.2 Å². The molecule has 0 saturated carbocycles. The molecular weight excluding hydrogens is 322 g/mol. The molecule has 0 bridgehead atoms. The standard InChI is InChI=1S/C18H25N3O4/c1-24-14-5-2-6-15(8-14)25-16-10-21(11-16)18(23)13-4-3-7-20(9-13)12-17(19)22/h2,5-6,8,13,16H,3-4,7,9-12H2,1H3,(H2,19,22)/t13-/m0/s1. The summed E-state index contributed by atoms with van der Waals surface area (Å²) in [6, 6.07) is 7.47. The first-order valence-electron chi connectivity index (χ1n) is 8.65. The second-order valence-electron chi connectivity index (χ2n) is 6.70. The van der Waals surface area contributed by atoms with E-state index in [0.717, 1.165) is 30.9 Å². The highest BCUT2D eigenvalue weighted by Crippen LogP contribution is 2.25.